The van der Waals surface area contributed by atoms with Gasteiger partial charge < -0.3 is 15.4 Å². The Bertz CT molecular complexity index is 381. The van der Waals surface area contributed by atoms with Crippen molar-refractivity contribution in [3.05, 3.63) is 18.3 Å². The first-order valence-electron chi connectivity index (χ1n) is 5.31. The first-order chi connectivity index (χ1) is 7.78. The summed E-state index contributed by atoms with van der Waals surface area (Å²) in [7, 11) is 1.59. The number of ether oxygens (including phenoxy) is 1. The SMILES string of the molecule is COc1cc(NCC2CCC(=O)N2)ccn1. The molecule has 1 aromatic heterocycles. The summed E-state index contributed by atoms with van der Waals surface area (Å²) in [6.07, 6.45) is 3.22. The van der Waals surface area contributed by atoms with Crippen LogP contribution in [0.1, 0.15) is 12.8 Å². The molecular formula is C11H15N3O2. The number of rotatable bonds is 4. The molecule has 0 saturated carbocycles. The quantitative estimate of drug-likeness (QED) is 0.788. The van der Waals surface area contributed by atoms with Crippen molar-refractivity contribution in [2.24, 2.45) is 0 Å². The van der Waals surface area contributed by atoms with E-state index in [1.54, 1.807) is 13.3 Å². The lowest BCUT2D eigenvalue weighted by atomic mass is 10.2. The first kappa shape index (κ1) is 10.7. The minimum Gasteiger partial charge on any atom is -0.481 e. The molecule has 1 fully saturated rings. The maximum absolute atomic E-state index is 11.0. The third-order valence-corrected chi connectivity index (χ3v) is 2.58. The van der Waals surface area contributed by atoms with E-state index < -0.39 is 0 Å². The van der Waals surface area contributed by atoms with Crippen LogP contribution < -0.4 is 15.4 Å². The number of aromatic nitrogens is 1. The van der Waals surface area contributed by atoms with Crippen molar-refractivity contribution in [2.75, 3.05) is 19.0 Å². The van der Waals surface area contributed by atoms with Crippen molar-refractivity contribution in [2.45, 2.75) is 18.9 Å². The molecule has 1 aromatic rings. The number of carbonyl (C=O) groups excluding carboxylic acids is 1. The number of carbonyl (C=O) groups is 1. The van der Waals surface area contributed by atoms with E-state index in [2.05, 4.69) is 15.6 Å². The van der Waals surface area contributed by atoms with E-state index in [9.17, 15) is 4.79 Å². The maximum Gasteiger partial charge on any atom is 0.220 e. The summed E-state index contributed by atoms with van der Waals surface area (Å²) in [5.41, 5.74) is 0.952. The summed E-state index contributed by atoms with van der Waals surface area (Å²) >= 11 is 0. The van der Waals surface area contributed by atoms with Crippen LogP contribution in [-0.2, 0) is 4.79 Å². The highest BCUT2D eigenvalue weighted by Gasteiger charge is 2.19. The smallest absolute Gasteiger partial charge is 0.220 e. The molecule has 2 heterocycles. The van der Waals surface area contributed by atoms with Gasteiger partial charge >= 0.3 is 0 Å². The number of amides is 1. The molecule has 1 aliphatic rings. The monoisotopic (exact) mass is 221 g/mol. The van der Waals surface area contributed by atoms with Crippen LogP contribution in [0, 0.1) is 0 Å². The Kier molecular flexibility index (Phi) is 3.24. The number of hydrogen-bond acceptors (Lipinski definition) is 4. The molecule has 1 aliphatic heterocycles. The van der Waals surface area contributed by atoms with Gasteiger partial charge in [0.05, 0.1) is 7.11 Å². The molecule has 0 radical (unpaired) electrons. The Hall–Kier alpha value is -1.78. The maximum atomic E-state index is 11.0. The zero-order valence-electron chi connectivity index (χ0n) is 9.19. The molecule has 0 spiro atoms. The van der Waals surface area contributed by atoms with Gasteiger partial charge in [0.1, 0.15) is 0 Å². The topological polar surface area (TPSA) is 63.2 Å². The van der Waals surface area contributed by atoms with Crippen LogP contribution in [0.5, 0.6) is 5.88 Å². The van der Waals surface area contributed by atoms with E-state index in [4.69, 9.17) is 4.74 Å². The minimum atomic E-state index is 0.138. The van der Waals surface area contributed by atoms with E-state index in [-0.39, 0.29) is 11.9 Å². The highest BCUT2D eigenvalue weighted by atomic mass is 16.5. The zero-order chi connectivity index (χ0) is 11.4. The van der Waals surface area contributed by atoms with Crippen LogP contribution in [0.2, 0.25) is 0 Å². The molecule has 0 aliphatic carbocycles. The van der Waals surface area contributed by atoms with Crippen molar-refractivity contribution in [3.63, 3.8) is 0 Å². The molecule has 16 heavy (non-hydrogen) atoms. The molecule has 5 heteroatoms. The standard InChI is InChI=1S/C11H15N3O2/c1-16-11-6-8(4-5-12-11)13-7-9-2-3-10(15)14-9/h4-6,9H,2-3,7H2,1H3,(H,12,13)(H,14,15). The number of nitrogens with zero attached hydrogens (tertiary/aromatic N) is 1. The van der Waals surface area contributed by atoms with Crippen LogP contribution in [0.3, 0.4) is 0 Å². The van der Waals surface area contributed by atoms with Crippen molar-refractivity contribution in [1.29, 1.82) is 0 Å². The molecule has 86 valence electrons. The van der Waals surface area contributed by atoms with Crippen LogP contribution in [0.4, 0.5) is 5.69 Å². The second-order valence-electron chi connectivity index (χ2n) is 3.77. The van der Waals surface area contributed by atoms with E-state index in [0.29, 0.717) is 12.3 Å². The molecule has 2 rings (SSSR count). The van der Waals surface area contributed by atoms with Gasteiger partial charge in [-0.15, -0.1) is 0 Å². The summed E-state index contributed by atoms with van der Waals surface area (Å²) < 4.78 is 5.02. The normalized spacial score (nSPS) is 19.3. The molecule has 0 aromatic carbocycles. The average molecular weight is 221 g/mol. The van der Waals surface area contributed by atoms with Crippen LogP contribution in [0.25, 0.3) is 0 Å². The lowest BCUT2D eigenvalue weighted by Crippen LogP contribution is -2.31. The minimum absolute atomic E-state index is 0.138. The number of methoxy groups -OCH3 is 1. The van der Waals surface area contributed by atoms with Gasteiger partial charge in [0.25, 0.3) is 0 Å². The van der Waals surface area contributed by atoms with Gasteiger partial charge in [-0.25, -0.2) is 4.98 Å². The van der Waals surface area contributed by atoms with Gasteiger partial charge in [0, 0.05) is 37.0 Å². The van der Waals surface area contributed by atoms with Crippen LogP contribution >= 0.6 is 0 Å². The summed E-state index contributed by atoms with van der Waals surface area (Å²) in [6.45, 7) is 0.735. The molecule has 1 atom stereocenters. The van der Waals surface area contributed by atoms with E-state index >= 15 is 0 Å². The van der Waals surface area contributed by atoms with E-state index in [1.165, 1.54) is 0 Å². The number of anilines is 1. The average Bonchev–Trinajstić information content (AvgIpc) is 2.73. The molecule has 1 unspecified atom stereocenters. The Morgan fingerprint density at radius 3 is 3.25 bits per heavy atom. The summed E-state index contributed by atoms with van der Waals surface area (Å²) in [6, 6.07) is 3.93. The molecule has 0 bridgehead atoms. The Labute approximate surface area is 94.2 Å². The molecule has 5 nitrogen and oxygen atoms in total. The van der Waals surface area contributed by atoms with E-state index in [1.807, 2.05) is 12.1 Å². The predicted molar refractivity (Wildman–Crippen MR) is 60.4 cm³/mol. The van der Waals surface area contributed by atoms with Gasteiger partial charge in [-0.1, -0.05) is 0 Å². The predicted octanol–water partition coefficient (Wildman–Crippen LogP) is 0.781. The van der Waals surface area contributed by atoms with Crippen LogP contribution in [-0.4, -0.2) is 30.6 Å². The Morgan fingerprint density at radius 1 is 1.69 bits per heavy atom. The molecule has 1 saturated heterocycles. The van der Waals surface area contributed by atoms with Crippen molar-refractivity contribution in [3.8, 4) is 5.88 Å². The Balaban J connectivity index is 1.87. The second-order valence-corrected chi connectivity index (χ2v) is 3.77. The number of hydrogen-bond donors (Lipinski definition) is 2. The highest BCUT2D eigenvalue weighted by molar-refractivity contribution is 5.78. The number of pyridine rings is 1. The molecular weight excluding hydrogens is 206 g/mol. The van der Waals surface area contributed by atoms with Crippen molar-refractivity contribution in [1.82, 2.24) is 10.3 Å². The molecule has 1 amide bonds. The summed E-state index contributed by atoms with van der Waals surface area (Å²) in [5.74, 6) is 0.722. The van der Waals surface area contributed by atoms with Gasteiger partial charge in [0.15, 0.2) is 0 Å². The Morgan fingerprint density at radius 2 is 2.56 bits per heavy atom. The fourth-order valence-electron chi connectivity index (χ4n) is 1.70. The largest absolute Gasteiger partial charge is 0.481 e. The van der Waals surface area contributed by atoms with Gasteiger partial charge in [0.2, 0.25) is 11.8 Å². The van der Waals surface area contributed by atoms with Gasteiger partial charge in [-0.05, 0) is 12.5 Å². The number of nitrogens with one attached hydrogen (secondary N) is 2. The first-order valence-corrected chi connectivity index (χ1v) is 5.31. The third-order valence-electron chi connectivity index (χ3n) is 2.58. The lowest BCUT2D eigenvalue weighted by Gasteiger charge is -2.12. The van der Waals surface area contributed by atoms with Gasteiger partial charge in [-0.3, -0.25) is 4.79 Å². The van der Waals surface area contributed by atoms with Gasteiger partial charge in [-0.2, -0.15) is 0 Å². The second kappa shape index (κ2) is 4.83. The van der Waals surface area contributed by atoms with Crippen molar-refractivity contribution < 1.29 is 9.53 Å². The third kappa shape index (κ3) is 2.62. The zero-order valence-corrected chi connectivity index (χ0v) is 9.19. The van der Waals surface area contributed by atoms with Crippen LogP contribution in [0.15, 0.2) is 18.3 Å². The molecule has 2 N–H and O–H groups in total. The highest BCUT2D eigenvalue weighted by Crippen LogP contribution is 2.14. The summed E-state index contributed by atoms with van der Waals surface area (Å²) in [4.78, 5) is 15.0. The fourth-order valence-corrected chi connectivity index (χ4v) is 1.70. The lowest BCUT2D eigenvalue weighted by molar-refractivity contribution is -0.119. The van der Waals surface area contributed by atoms with Crippen molar-refractivity contribution >= 4 is 11.6 Å². The fraction of sp³-hybridized carbons (Fsp3) is 0.455. The summed E-state index contributed by atoms with van der Waals surface area (Å²) in [5, 5.41) is 6.15. The van der Waals surface area contributed by atoms with E-state index in [0.717, 1.165) is 18.7 Å².